The molecule has 0 radical (unpaired) electrons. The van der Waals surface area contributed by atoms with Crippen LogP contribution in [0.5, 0.6) is 11.5 Å². The van der Waals surface area contributed by atoms with Crippen molar-refractivity contribution in [3.8, 4) is 17.2 Å². The zero-order valence-corrected chi connectivity index (χ0v) is 17.6. The number of aryl methyl sites for hydroxylation is 1. The summed E-state index contributed by atoms with van der Waals surface area (Å²) < 4.78 is 54.1. The van der Waals surface area contributed by atoms with E-state index < -0.39 is 23.3 Å². The number of fused-ring (bicyclic) bond motifs is 1. The summed E-state index contributed by atoms with van der Waals surface area (Å²) in [5, 5.41) is 3.90. The maximum absolute atomic E-state index is 14.0. The SMILES string of the molecule is CCN(Cc1cccc2c1OCCO2)C(=O)c1cnn(-c2ccc(C)cc2)c1C(F)(F)F. The quantitative estimate of drug-likeness (QED) is 0.575. The number of hydrogen-bond acceptors (Lipinski definition) is 4. The molecule has 0 aliphatic carbocycles. The number of carbonyl (C=O) groups excluding carboxylic acids is 1. The van der Waals surface area contributed by atoms with Crippen LogP contribution in [-0.2, 0) is 12.7 Å². The van der Waals surface area contributed by atoms with Gasteiger partial charge in [-0.05, 0) is 32.0 Å². The Hall–Kier alpha value is -3.49. The molecule has 1 aliphatic heterocycles. The Labute approximate surface area is 183 Å². The third kappa shape index (κ3) is 4.15. The molecule has 32 heavy (non-hydrogen) atoms. The predicted molar refractivity (Wildman–Crippen MR) is 111 cm³/mol. The Balaban J connectivity index is 1.70. The van der Waals surface area contributed by atoms with Crippen molar-refractivity contribution < 1.29 is 27.4 Å². The first-order valence-corrected chi connectivity index (χ1v) is 10.2. The largest absolute Gasteiger partial charge is 0.486 e. The van der Waals surface area contributed by atoms with Gasteiger partial charge in [-0.15, -0.1) is 0 Å². The Morgan fingerprint density at radius 3 is 2.53 bits per heavy atom. The third-order valence-electron chi connectivity index (χ3n) is 5.22. The lowest BCUT2D eigenvalue weighted by molar-refractivity contribution is -0.143. The fraction of sp³-hybridized carbons (Fsp3) is 0.304. The van der Waals surface area contributed by atoms with E-state index in [1.165, 1.54) is 17.0 Å². The molecule has 3 aromatic rings. The minimum Gasteiger partial charge on any atom is -0.486 e. The summed E-state index contributed by atoms with van der Waals surface area (Å²) in [4.78, 5) is 14.5. The van der Waals surface area contributed by atoms with Crippen LogP contribution in [0.1, 0.15) is 34.1 Å². The fourth-order valence-corrected chi connectivity index (χ4v) is 3.62. The number of benzene rings is 2. The Morgan fingerprint density at radius 1 is 1.12 bits per heavy atom. The molecule has 4 rings (SSSR count). The van der Waals surface area contributed by atoms with Crippen molar-refractivity contribution in [1.29, 1.82) is 0 Å². The highest BCUT2D eigenvalue weighted by Gasteiger charge is 2.41. The van der Waals surface area contributed by atoms with E-state index in [2.05, 4.69) is 5.10 Å². The number of amides is 1. The number of para-hydroxylation sites is 1. The van der Waals surface area contributed by atoms with Crippen molar-refractivity contribution in [3.63, 3.8) is 0 Å². The molecule has 0 unspecified atom stereocenters. The van der Waals surface area contributed by atoms with Crippen molar-refractivity contribution in [2.45, 2.75) is 26.6 Å². The van der Waals surface area contributed by atoms with E-state index in [0.717, 1.165) is 16.4 Å². The van der Waals surface area contributed by atoms with Crippen LogP contribution in [0.15, 0.2) is 48.7 Å². The van der Waals surface area contributed by atoms with Gasteiger partial charge in [-0.2, -0.15) is 18.3 Å². The third-order valence-corrected chi connectivity index (χ3v) is 5.22. The van der Waals surface area contributed by atoms with Crippen LogP contribution in [0, 0.1) is 6.92 Å². The summed E-state index contributed by atoms with van der Waals surface area (Å²) in [5.41, 5.74) is 0.200. The minimum absolute atomic E-state index is 0.0782. The zero-order valence-electron chi connectivity index (χ0n) is 17.6. The number of aromatic nitrogens is 2. The van der Waals surface area contributed by atoms with Gasteiger partial charge in [-0.1, -0.05) is 29.8 Å². The van der Waals surface area contributed by atoms with Crippen molar-refractivity contribution >= 4 is 5.91 Å². The first-order valence-electron chi connectivity index (χ1n) is 10.2. The van der Waals surface area contributed by atoms with Crippen molar-refractivity contribution in [2.24, 2.45) is 0 Å². The number of nitrogens with zero attached hydrogens (tertiary/aromatic N) is 3. The summed E-state index contributed by atoms with van der Waals surface area (Å²) in [6.45, 7) is 4.61. The van der Waals surface area contributed by atoms with Gasteiger partial charge in [0, 0.05) is 18.7 Å². The Kier molecular flexibility index (Phi) is 5.82. The lowest BCUT2D eigenvalue weighted by atomic mass is 10.1. The van der Waals surface area contributed by atoms with Gasteiger partial charge in [0.25, 0.3) is 5.91 Å². The van der Waals surface area contributed by atoms with Crippen LogP contribution in [0.25, 0.3) is 5.69 Å². The molecule has 0 N–H and O–H groups in total. The van der Waals surface area contributed by atoms with E-state index in [4.69, 9.17) is 9.47 Å². The second-order valence-corrected chi connectivity index (χ2v) is 7.41. The maximum atomic E-state index is 14.0. The molecule has 0 fully saturated rings. The van der Waals surface area contributed by atoms with Gasteiger partial charge in [0.2, 0.25) is 0 Å². The number of alkyl halides is 3. The van der Waals surface area contributed by atoms with E-state index in [1.807, 2.05) is 6.92 Å². The van der Waals surface area contributed by atoms with Crippen LogP contribution in [0.4, 0.5) is 13.2 Å². The van der Waals surface area contributed by atoms with Gasteiger partial charge in [0.05, 0.1) is 17.4 Å². The van der Waals surface area contributed by atoms with E-state index >= 15 is 0 Å². The van der Waals surface area contributed by atoms with Crippen LogP contribution in [0.3, 0.4) is 0 Å². The molecule has 0 saturated heterocycles. The zero-order chi connectivity index (χ0) is 22.9. The first-order chi connectivity index (χ1) is 15.3. The van der Waals surface area contributed by atoms with Crippen LogP contribution in [-0.4, -0.2) is 40.3 Å². The molecule has 2 heterocycles. The van der Waals surface area contributed by atoms with Crippen molar-refractivity contribution in [3.05, 3.63) is 71.0 Å². The maximum Gasteiger partial charge on any atom is 0.434 e. The number of rotatable bonds is 5. The number of ether oxygens (including phenoxy) is 2. The molecule has 6 nitrogen and oxygen atoms in total. The van der Waals surface area contributed by atoms with E-state index in [9.17, 15) is 18.0 Å². The highest BCUT2D eigenvalue weighted by Crippen LogP contribution is 2.36. The van der Waals surface area contributed by atoms with Gasteiger partial charge in [-0.25, -0.2) is 4.68 Å². The molecule has 0 saturated carbocycles. The highest BCUT2D eigenvalue weighted by atomic mass is 19.4. The molecule has 0 spiro atoms. The van der Waals surface area contributed by atoms with E-state index in [-0.39, 0.29) is 18.8 Å². The summed E-state index contributed by atoms with van der Waals surface area (Å²) >= 11 is 0. The highest BCUT2D eigenvalue weighted by molar-refractivity contribution is 5.95. The molecule has 1 amide bonds. The summed E-state index contributed by atoms with van der Waals surface area (Å²) in [7, 11) is 0. The molecule has 0 bridgehead atoms. The average Bonchev–Trinajstić information content (AvgIpc) is 3.23. The van der Waals surface area contributed by atoms with Crippen LogP contribution >= 0.6 is 0 Å². The van der Waals surface area contributed by atoms with E-state index in [1.54, 1.807) is 37.3 Å². The molecule has 1 aliphatic rings. The topological polar surface area (TPSA) is 56.6 Å². The molecule has 0 atom stereocenters. The number of hydrogen-bond donors (Lipinski definition) is 0. The molecule has 2 aromatic carbocycles. The number of carbonyl (C=O) groups is 1. The molecule has 168 valence electrons. The first kappa shape index (κ1) is 21.7. The predicted octanol–water partition coefficient (Wildman–Crippen LogP) is 4.63. The molecule has 9 heteroatoms. The monoisotopic (exact) mass is 445 g/mol. The van der Waals surface area contributed by atoms with Gasteiger partial charge in [0.15, 0.2) is 17.2 Å². The number of halogens is 3. The summed E-state index contributed by atoms with van der Waals surface area (Å²) in [6, 6.07) is 11.7. The molecular formula is C23H22F3N3O3. The Bertz CT molecular complexity index is 1120. The van der Waals surface area contributed by atoms with Gasteiger partial charge in [-0.3, -0.25) is 4.79 Å². The smallest absolute Gasteiger partial charge is 0.434 e. The fourth-order valence-electron chi connectivity index (χ4n) is 3.62. The van der Waals surface area contributed by atoms with Gasteiger partial charge >= 0.3 is 6.18 Å². The average molecular weight is 445 g/mol. The molecular weight excluding hydrogens is 423 g/mol. The summed E-state index contributed by atoms with van der Waals surface area (Å²) in [6.07, 6.45) is -3.79. The second-order valence-electron chi connectivity index (χ2n) is 7.41. The lowest BCUT2D eigenvalue weighted by Gasteiger charge is -2.25. The van der Waals surface area contributed by atoms with Crippen LogP contribution < -0.4 is 9.47 Å². The normalized spacial score (nSPS) is 13.2. The lowest BCUT2D eigenvalue weighted by Crippen LogP contribution is -2.32. The van der Waals surface area contributed by atoms with Crippen molar-refractivity contribution in [1.82, 2.24) is 14.7 Å². The Morgan fingerprint density at radius 2 is 1.84 bits per heavy atom. The van der Waals surface area contributed by atoms with E-state index in [0.29, 0.717) is 30.3 Å². The summed E-state index contributed by atoms with van der Waals surface area (Å²) in [5.74, 6) is 0.310. The second kappa shape index (κ2) is 8.57. The van der Waals surface area contributed by atoms with Gasteiger partial charge in [0.1, 0.15) is 13.2 Å². The standard InChI is InChI=1S/C23H22F3N3O3/c1-3-28(14-16-5-4-6-19-20(16)32-12-11-31-19)22(30)18-13-27-29(21(18)23(24,25)26)17-9-7-15(2)8-10-17/h4-10,13H,3,11-12,14H2,1-2H3. The minimum atomic E-state index is -4.77. The van der Waals surface area contributed by atoms with Gasteiger partial charge < -0.3 is 14.4 Å². The molecule has 1 aromatic heterocycles. The van der Waals surface area contributed by atoms with Crippen LogP contribution in [0.2, 0.25) is 0 Å². The van der Waals surface area contributed by atoms with Crippen molar-refractivity contribution in [2.75, 3.05) is 19.8 Å².